The molecule has 0 saturated carbocycles. The molecule has 0 aliphatic rings. The molecule has 144 valence electrons. The zero-order valence-corrected chi connectivity index (χ0v) is 16.5. The van der Waals surface area contributed by atoms with E-state index in [1.165, 1.54) is 18.7 Å². The first-order valence-corrected chi connectivity index (χ1v) is 9.47. The maximum absolute atomic E-state index is 12.5. The molecule has 1 aromatic carbocycles. The van der Waals surface area contributed by atoms with E-state index in [1.54, 1.807) is 36.7 Å². The molecule has 9 heteroatoms. The molecule has 0 spiro atoms. The van der Waals surface area contributed by atoms with Crippen molar-refractivity contribution >= 4 is 35.0 Å². The van der Waals surface area contributed by atoms with Crippen molar-refractivity contribution < 1.29 is 9.59 Å². The van der Waals surface area contributed by atoms with Crippen molar-refractivity contribution in [2.24, 2.45) is 7.05 Å². The third-order valence-corrected chi connectivity index (χ3v) is 5.03. The smallest absolute Gasteiger partial charge is 0.237 e. The second kappa shape index (κ2) is 8.66. The molecule has 0 saturated heterocycles. The minimum absolute atomic E-state index is 0.142. The first kappa shape index (κ1) is 19.6. The van der Waals surface area contributed by atoms with Gasteiger partial charge in [-0.1, -0.05) is 11.8 Å². The fraction of sp³-hybridized carbons (Fsp3) is 0.211. The van der Waals surface area contributed by atoms with Crippen LogP contribution in [-0.4, -0.2) is 36.8 Å². The summed E-state index contributed by atoms with van der Waals surface area (Å²) in [5.41, 5.74) is 2.24. The van der Waals surface area contributed by atoms with Crippen LogP contribution in [0.25, 0.3) is 11.4 Å². The van der Waals surface area contributed by atoms with E-state index in [0.29, 0.717) is 22.4 Å². The molecule has 1 unspecified atom stereocenters. The Morgan fingerprint density at radius 1 is 1.00 bits per heavy atom. The lowest BCUT2D eigenvalue weighted by molar-refractivity contribution is -0.115. The predicted octanol–water partition coefficient (Wildman–Crippen LogP) is 2.95. The number of anilines is 2. The average Bonchev–Trinajstić information content (AvgIpc) is 3.04. The van der Waals surface area contributed by atoms with Crippen LogP contribution in [0.5, 0.6) is 0 Å². The molecule has 0 fully saturated rings. The van der Waals surface area contributed by atoms with Gasteiger partial charge in [0.15, 0.2) is 11.0 Å². The van der Waals surface area contributed by atoms with Gasteiger partial charge < -0.3 is 15.2 Å². The summed E-state index contributed by atoms with van der Waals surface area (Å²) >= 11 is 1.33. The van der Waals surface area contributed by atoms with Crippen LogP contribution in [0.4, 0.5) is 11.4 Å². The molecule has 2 heterocycles. The fourth-order valence-corrected chi connectivity index (χ4v) is 3.28. The summed E-state index contributed by atoms with van der Waals surface area (Å²) in [6.07, 6.45) is 3.40. The molecule has 0 aliphatic carbocycles. The zero-order valence-electron chi connectivity index (χ0n) is 15.7. The van der Waals surface area contributed by atoms with Crippen LogP contribution >= 0.6 is 11.8 Å². The molecule has 0 aliphatic heterocycles. The highest BCUT2D eigenvalue weighted by atomic mass is 32.2. The number of nitrogens with one attached hydrogen (secondary N) is 2. The second-order valence-electron chi connectivity index (χ2n) is 6.11. The van der Waals surface area contributed by atoms with E-state index in [9.17, 15) is 9.59 Å². The van der Waals surface area contributed by atoms with E-state index >= 15 is 0 Å². The molecule has 2 amide bonds. The Bertz CT molecular complexity index is 972. The van der Waals surface area contributed by atoms with Crippen LogP contribution in [0, 0.1) is 0 Å². The van der Waals surface area contributed by atoms with Gasteiger partial charge in [0.05, 0.1) is 5.25 Å². The van der Waals surface area contributed by atoms with Gasteiger partial charge in [0, 0.05) is 43.3 Å². The van der Waals surface area contributed by atoms with Crippen LogP contribution in [-0.2, 0) is 16.6 Å². The van der Waals surface area contributed by atoms with Gasteiger partial charge in [-0.15, -0.1) is 10.2 Å². The van der Waals surface area contributed by atoms with Crippen molar-refractivity contribution in [3.05, 3.63) is 48.8 Å². The van der Waals surface area contributed by atoms with Gasteiger partial charge in [0.25, 0.3) is 0 Å². The number of amides is 2. The van der Waals surface area contributed by atoms with E-state index in [-0.39, 0.29) is 17.1 Å². The molecule has 1 atom stereocenters. The van der Waals surface area contributed by atoms with Crippen LogP contribution in [0.15, 0.2) is 53.9 Å². The minimum Gasteiger partial charge on any atom is -0.326 e. The highest BCUT2D eigenvalue weighted by Crippen LogP contribution is 2.26. The average molecular weight is 396 g/mol. The van der Waals surface area contributed by atoms with E-state index in [0.717, 1.165) is 5.56 Å². The van der Waals surface area contributed by atoms with E-state index in [1.807, 2.05) is 30.7 Å². The predicted molar refractivity (Wildman–Crippen MR) is 109 cm³/mol. The zero-order chi connectivity index (χ0) is 20.1. The lowest BCUT2D eigenvalue weighted by atomic mass is 10.2. The van der Waals surface area contributed by atoms with Gasteiger partial charge in [-0.05, 0) is 43.3 Å². The topological polar surface area (TPSA) is 102 Å². The molecule has 8 nitrogen and oxygen atoms in total. The van der Waals surface area contributed by atoms with Gasteiger partial charge in [-0.3, -0.25) is 14.6 Å². The van der Waals surface area contributed by atoms with Gasteiger partial charge >= 0.3 is 0 Å². The monoisotopic (exact) mass is 396 g/mol. The van der Waals surface area contributed by atoms with Crippen LogP contribution in [0.3, 0.4) is 0 Å². The standard InChI is InChI=1S/C19H20N6O2S/c1-12(18(27)22-16-6-4-15(5-7-16)21-13(2)26)28-19-24-23-17(25(19)3)14-8-10-20-11-9-14/h4-12H,1-3H3,(H,21,26)(H,22,27). The lowest BCUT2D eigenvalue weighted by Gasteiger charge is -2.12. The largest absolute Gasteiger partial charge is 0.326 e. The molecule has 0 radical (unpaired) electrons. The number of aromatic nitrogens is 4. The molecule has 2 N–H and O–H groups in total. The molecule has 0 bridgehead atoms. The van der Waals surface area contributed by atoms with Crippen molar-refractivity contribution in [2.45, 2.75) is 24.3 Å². The fourth-order valence-electron chi connectivity index (χ4n) is 2.47. The normalized spacial score (nSPS) is 11.7. The number of thioether (sulfide) groups is 1. The summed E-state index contributed by atoms with van der Waals surface area (Å²) in [6, 6.07) is 10.7. The van der Waals surface area contributed by atoms with Gasteiger partial charge in [-0.2, -0.15) is 0 Å². The second-order valence-corrected chi connectivity index (χ2v) is 7.42. The molecule has 2 aromatic heterocycles. The third kappa shape index (κ3) is 4.74. The van der Waals surface area contributed by atoms with Crippen LogP contribution in [0.1, 0.15) is 13.8 Å². The van der Waals surface area contributed by atoms with Crippen LogP contribution < -0.4 is 10.6 Å². The maximum atomic E-state index is 12.5. The summed E-state index contributed by atoms with van der Waals surface area (Å²) in [4.78, 5) is 27.6. The molecular formula is C19H20N6O2S. The molecular weight excluding hydrogens is 376 g/mol. The Morgan fingerprint density at radius 2 is 1.61 bits per heavy atom. The van der Waals surface area contributed by atoms with Crippen molar-refractivity contribution in [1.29, 1.82) is 0 Å². The van der Waals surface area contributed by atoms with E-state index < -0.39 is 0 Å². The Hall–Kier alpha value is -3.20. The quantitative estimate of drug-likeness (QED) is 0.621. The van der Waals surface area contributed by atoms with Gasteiger partial charge in [0.1, 0.15) is 0 Å². The number of benzene rings is 1. The third-order valence-electron chi connectivity index (χ3n) is 3.90. The van der Waals surface area contributed by atoms with E-state index in [4.69, 9.17) is 0 Å². The summed E-state index contributed by atoms with van der Waals surface area (Å²) in [5, 5.41) is 14.2. The van der Waals surface area contributed by atoms with Crippen molar-refractivity contribution in [1.82, 2.24) is 19.7 Å². The Balaban J connectivity index is 1.63. The van der Waals surface area contributed by atoms with Crippen LogP contribution in [0.2, 0.25) is 0 Å². The first-order valence-electron chi connectivity index (χ1n) is 8.59. The Kier molecular flexibility index (Phi) is 6.05. The van der Waals surface area contributed by atoms with Gasteiger partial charge in [-0.25, -0.2) is 0 Å². The van der Waals surface area contributed by atoms with Crippen molar-refractivity contribution in [3.63, 3.8) is 0 Å². The minimum atomic E-state index is -0.372. The van der Waals surface area contributed by atoms with Crippen molar-refractivity contribution in [3.8, 4) is 11.4 Å². The van der Waals surface area contributed by atoms with E-state index in [2.05, 4.69) is 25.8 Å². The number of nitrogens with zero attached hydrogens (tertiary/aromatic N) is 4. The highest BCUT2D eigenvalue weighted by Gasteiger charge is 2.19. The molecule has 3 rings (SSSR count). The lowest BCUT2D eigenvalue weighted by Crippen LogP contribution is -2.22. The Labute approximate surface area is 166 Å². The number of carbonyl (C=O) groups excluding carboxylic acids is 2. The summed E-state index contributed by atoms with van der Waals surface area (Å²) in [5.74, 6) is 0.424. The summed E-state index contributed by atoms with van der Waals surface area (Å²) in [7, 11) is 1.86. The number of rotatable bonds is 6. The highest BCUT2D eigenvalue weighted by molar-refractivity contribution is 8.00. The molecule has 3 aromatic rings. The Morgan fingerprint density at radius 3 is 2.21 bits per heavy atom. The number of hydrogen-bond donors (Lipinski definition) is 2. The summed E-state index contributed by atoms with van der Waals surface area (Å²) < 4.78 is 1.85. The molecule has 28 heavy (non-hydrogen) atoms. The number of hydrogen-bond acceptors (Lipinski definition) is 6. The number of pyridine rings is 1. The maximum Gasteiger partial charge on any atom is 0.237 e. The van der Waals surface area contributed by atoms with Gasteiger partial charge in [0.2, 0.25) is 11.8 Å². The number of carbonyl (C=O) groups is 2. The summed E-state index contributed by atoms with van der Waals surface area (Å²) in [6.45, 7) is 3.26. The van der Waals surface area contributed by atoms with Crippen molar-refractivity contribution in [2.75, 3.05) is 10.6 Å². The SMILES string of the molecule is CC(=O)Nc1ccc(NC(=O)C(C)Sc2nnc(-c3ccncc3)n2C)cc1. The first-order chi connectivity index (χ1) is 13.4.